The van der Waals surface area contributed by atoms with Gasteiger partial charge in [-0.05, 0) is 43.4 Å². The first-order chi connectivity index (χ1) is 13.9. The molecule has 3 N–H and O–H groups in total. The number of hydrogen-bond donors (Lipinski definition) is 2. The van der Waals surface area contributed by atoms with Gasteiger partial charge in [0.05, 0.1) is 6.54 Å². The summed E-state index contributed by atoms with van der Waals surface area (Å²) in [5.74, 6) is 2.60. The molecule has 0 aromatic heterocycles. The molecule has 2 aliphatic rings. The zero-order valence-electron chi connectivity index (χ0n) is 18.3. The fraction of sp³-hybridized carbons (Fsp3) is 0.636. The van der Waals surface area contributed by atoms with Crippen LogP contribution in [-0.4, -0.2) is 56.2 Å². The highest BCUT2D eigenvalue weighted by atomic mass is 127. The molecule has 0 aliphatic carbocycles. The molecule has 30 heavy (non-hydrogen) atoms. The molecule has 2 aliphatic heterocycles. The fourth-order valence-corrected chi connectivity index (χ4v) is 3.96. The maximum atomic E-state index is 11.3. The summed E-state index contributed by atoms with van der Waals surface area (Å²) in [6.07, 6.45) is 2.54. The van der Waals surface area contributed by atoms with Crippen molar-refractivity contribution in [1.29, 1.82) is 0 Å². The molecule has 1 amide bonds. The maximum Gasteiger partial charge on any atom is 0.217 e. The predicted octanol–water partition coefficient (Wildman–Crippen LogP) is 2.91. The van der Waals surface area contributed by atoms with Crippen molar-refractivity contribution < 1.29 is 14.3 Å². The second kappa shape index (κ2) is 11.1. The van der Waals surface area contributed by atoms with Crippen molar-refractivity contribution in [3.63, 3.8) is 0 Å². The molecule has 0 bridgehead atoms. The number of amides is 1. The van der Waals surface area contributed by atoms with E-state index in [1.54, 1.807) is 0 Å². The lowest BCUT2D eigenvalue weighted by molar-refractivity contribution is -0.119. The highest BCUT2D eigenvalue weighted by molar-refractivity contribution is 14.0. The molecule has 0 radical (unpaired) electrons. The Morgan fingerprint density at radius 1 is 1.30 bits per heavy atom. The van der Waals surface area contributed by atoms with E-state index in [2.05, 4.69) is 43.1 Å². The number of piperidine rings is 1. The van der Waals surface area contributed by atoms with E-state index >= 15 is 0 Å². The van der Waals surface area contributed by atoms with Crippen LogP contribution in [0.15, 0.2) is 23.2 Å². The van der Waals surface area contributed by atoms with Gasteiger partial charge in [0.2, 0.25) is 5.91 Å². The third kappa shape index (κ3) is 6.39. The number of carbonyl (C=O) groups excluding carboxylic acids is 1. The number of benzene rings is 1. The Morgan fingerprint density at radius 3 is 2.73 bits per heavy atom. The SMILES string of the molecule is CCNC(=NCC(C)(C)c1ccc2c(c1)OCCO2)N1CCCC(CC(N)=O)C1.I. The minimum Gasteiger partial charge on any atom is -0.486 e. The Kier molecular flexibility index (Phi) is 9.06. The number of carbonyl (C=O) groups is 1. The number of nitrogens with one attached hydrogen (secondary N) is 1. The number of aliphatic imine (C=N–C) groups is 1. The molecular weight excluding hydrogens is 495 g/mol. The zero-order chi connectivity index (χ0) is 20.9. The Labute approximate surface area is 196 Å². The lowest BCUT2D eigenvalue weighted by Crippen LogP contribution is -2.47. The average Bonchev–Trinajstić information content (AvgIpc) is 2.70. The first-order valence-corrected chi connectivity index (χ1v) is 10.6. The number of guanidine groups is 1. The summed E-state index contributed by atoms with van der Waals surface area (Å²) >= 11 is 0. The van der Waals surface area contributed by atoms with Gasteiger partial charge in [-0.15, -0.1) is 24.0 Å². The molecule has 1 aromatic rings. The maximum absolute atomic E-state index is 11.3. The molecule has 7 nitrogen and oxygen atoms in total. The van der Waals surface area contributed by atoms with Crippen LogP contribution in [0.2, 0.25) is 0 Å². The van der Waals surface area contributed by atoms with Gasteiger partial charge in [0.15, 0.2) is 17.5 Å². The minimum absolute atomic E-state index is 0. The first kappa shape index (κ1) is 24.6. The summed E-state index contributed by atoms with van der Waals surface area (Å²) in [5, 5.41) is 3.42. The van der Waals surface area contributed by atoms with Crippen molar-refractivity contribution >= 4 is 35.8 Å². The molecule has 1 aromatic carbocycles. The molecule has 0 saturated carbocycles. The Bertz CT molecular complexity index is 754. The van der Waals surface area contributed by atoms with Crippen LogP contribution in [0, 0.1) is 5.92 Å². The molecule has 1 atom stereocenters. The van der Waals surface area contributed by atoms with Gasteiger partial charge in [0, 0.05) is 31.5 Å². The molecule has 3 rings (SSSR count). The Morgan fingerprint density at radius 2 is 2.03 bits per heavy atom. The third-order valence-corrected chi connectivity index (χ3v) is 5.59. The van der Waals surface area contributed by atoms with Gasteiger partial charge in [-0.1, -0.05) is 19.9 Å². The molecular formula is C22H35IN4O3. The van der Waals surface area contributed by atoms with Crippen LogP contribution >= 0.6 is 24.0 Å². The summed E-state index contributed by atoms with van der Waals surface area (Å²) in [5.41, 5.74) is 6.43. The molecule has 168 valence electrons. The highest BCUT2D eigenvalue weighted by Crippen LogP contribution is 2.35. The van der Waals surface area contributed by atoms with Gasteiger partial charge in [-0.2, -0.15) is 0 Å². The van der Waals surface area contributed by atoms with E-state index in [1.807, 2.05) is 6.07 Å². The van der Waals surface area contributed by atoms with Gasteiger partial charge in [0.1, 0.15) is 13.2 Å². The number of halogens is 1. The van der Waals surface area contributed by atoms with Crippen molar-refractivity contribution in [2.24, 2.45) is 16.6 Å². The summed E-state index contributed by atoms with van der Waals surface area (Å²) in [6, 6.07) is 6.15. The normalized spacial score (nSPS) is 19.1. The van der Waals surface area contributed by atoms with Gasteiger partial charge >= 0.3 is 0 Å². The first-order valence-electron chi connectivity index (χ1n) is 10.6. The van der Waals surface area contributed by atoms with Crippen molar-refractivity contribution in [1.82, 2.24) is 10.2 Å². The quantitative estimate of drug-likeness (QED) is 0.336. The molecule has 0 spiro atoms. The number of hydrogen-bond acceptors (Lipinski definition) is 4. The second-order valence-electron chi connectivity index (χ2n) is 8.54. The highest BCUT2D eigenvalue weighted by Gasteiger charge is 2.26. The van der Waals surface area contributed by atoms with E-state index in [0.29, 0.717) is 32.1 Å². The van der Waals surface area contributed by atoms with Crippen LogP contribution in [0.1, 0.15) is 45.6 Å². The number of likely N-dealkylation sites (tertiary alicyclic amines) is 1. The molecule has 1 unspecified atom stereocenters. The summed E-state index contributed by atoms with van der Waals surface area (Å²) in [4.78, 5) is 18.5. The van der Waals surface area contributed by atoms with Gasteiger partial charge in [-0.25, -0.2) is 0 Å². The van der Waals surface area contributed by atoms with Crippen molar-refractivity contribution in [3.8, 4) is 11.5 Å². The van der Waals surface area contributed by atoms with Crippen LogP contribution in [0.25, 0.3) is 0 Å². The van der Waals surface area contributed by atoms with Crippen LogP contribution in [0.5, 0.6) is 11.5 Å². The standard InChI is InChI=1S/C22H34N4O3.HI/c1-4-24-21(26-9-5-6-16(14-26)12-20(23)27)25-15-22(2,3)17-7-8-18-19(13-17)29-11-10-28-18;/h7-8,13,16H,4-6,9-12,14-15H2,1-3H3,(H2,23,27)(H,24,25);1H. The number of primary amides is 1. The lowest BCUT2D eigenvalue weighted by atomic mass is 9.84. The molecule has 1 saturated heterocycles. The monoisotopic (exact) mass is 530 g/mol. The number of nitrogens with two attached hydrogens (primary N) is 1. The Balaban J connectivity index is 0.00000320. The van der Waals surface area contributed by atoms with E-state index in [1.165, 1.54) is 5.56 Å². The predicted molar refractivity (Wildman–Crippen MR) is 130 cm³/mol. The second-order valence-corrected chi connectivity index (χ2v) is 8.54. The summed E-state index contributed by atoms with van der Waals surface area (Å²) in [6.45, 7) is 10.9. The third-order valence-electron chi connectivity index (χ3n) is 5.59. The van der Waals surface area contributed by atoms with Crippen molar-refractivity contribution in [3.05, 3.63) is 23.8 Å². The van der Waals surface area contributed by atoms with Crippen LogP contribution in [-0.2, 0) is 10.2 Å². The van der Waals surface area contributed by atoms with E-state index in [-0.39, 0.29) is 35.3 Å². The lowest BCUT2D eigenvalue weighted by Gasteiger charge is -2.35. The number of fused-ring (bicyclic) bond motifs is 1. The average molecular weight is 530 g/mol. The van der Waals surface area contributed by atoms with Gasteiger partial charge in [0.25, 0.3) is 0 Å². The van der Waals surface area contributed by atoms with E-state index in [0.717, 1.165) is 49.9 Å². The van der Waals surface area contributed by atoms with Crippen LogP contribution in [0.4, 0.5) is 0 Å². The fourth-order valence-electron chi connectivity index (χ4n) is 3.96. The smallest absolute Gasteiger partial charge is 0.217 e. The molecule has 8 heteroatoms. The van der Waals surface area contributed by atoms with Gasteiger partial charge < -0.3 is 25.4 Å². The van der Waals surface area contributed by atoms with Crippen LogP contribution in [0.3, 0.4) is 0 Å². The van der Waals surface area contributed by atoms with Crippen LogP contribution < -0.4 is 20.5 Å². The topological polar surface area (TPSA) is 89.2 Å². The molecule has 1 fully saturated rings. The van der Waals surface area contributed by atoms with E-state index in [9.17, 15) is 4.79 Å². The zero-order valence-corrected chi connectivity index (χ0v) is 20.6. The van der Waals surface area contributed by atoms with Crippen molar-refractivity contribution in [2.75, 3.05) is 39.4 Å². The number of nitrogens with zero attached hydrogens (tertiary/aromatic N) is 2. The largest absolute Gasteiger partial charge is 0.486 e. The minimum atomic E-state index is -0.224. The van der Waals surface area contributed by atoms with E-state index < -0.39 is 0 Å². The molecule has 2 heterocycles. The van der Waals surface area contributed by atoms with E-state index in [4.69, 9.17) is 20.2 Å². The summed E-state index contributed by atoms with van der Waals surface area (Å²) < 4.78 is 11.4. The summed E-state index contributed by atoms with van der Waals surface area (Å²) in [7, 11) is 0. The van der Waals surface area contributed by atoms with Gasteiger partial charge in [-0.3, -0.25) is 9.79 Å². The number of ether oxygens (including phenoxy) is 2. The van der Waals surface area contributed by atoms with Crippen molar-refractivity contribution in [2.45, 2.75) is 45.4 Å². The number of rotatable bonds is 6. The Hall–Kier alpha value is -1.71.